The Hall–Kier alpha value is -1.85. The summed E-state index contributed by atoms with van der Waals surface area (Å²) in [6.07, 6.45) is 3.42. The van der Waals surface area contributed by atoms with Gasteiger partial charge in [-0.25, -0.2) is 0 Å². The molecule has 0 unspecified atom stereocenters. The molecule has 1 fully saturated rings. The number of ether oxygens (including phenoxy) is 1. The molecule has 1 aromatic carbocycles. The van der Waals surface area contributed by atoms with Crippen molar-refractivity contribution < 1.29 is 9.53 Å². The largest absolute Gasteiger partial charge is 0.379 e. The van der Waals surface area contributed by atoms with Crippen molar-refractivity contribution in [1.82, 2.24) is 15.2 Å². The molecule has 5 nitrogen and oxygen atoms in total. The maximum Gasteiger partial charge on any atom is 0.253 e. The molecule has 25 heavy (non-hydrogen) atoms. The molecule has 134 valence electrons. The molecule has 1 aromatic heterocycles. The number of hydrogen-bond acceptors (Lipinski definition) is 3. The van der Waals surface area contributed by atoms with Gasteiger partial charge in [0.25, 0.3) is 5.91 Å². The minimum absolute atomic E-state index is 0.0190. The lowest BCUT2D eigenvalue weighted by Crippen LogP contribution is -2.41. The van der Waals surface area contributed by atoms with Crippen LogP contribution in [-0.2, 0) is 17.6 Å². The predicted molar refractivity (Wildman–Crippen MR) is 99.1 cm³/mol. The summed E-state index contributed by atoms with van der Waals surface area (Å²) in [6, 6.07) is 6.08. The highest BCUT2D eigenvalue weighted by atomic mass is 16.5. The molecule has 2 N–H and O–H groups in total. The van der Waals surface area contributed by atoms with Crippen LogP contribution >= 0.6 is 0 Å². The van der Waals surface area contributed by atoms with E-state index >= 15 is 0 Å². The quantitative estimate of drug-likeness (QED) is 0.897. The van der Waals surface area contributed by atoms with Crippen molar-refractivity contribution in [3.05, 3.63) is 35.0 Å². The van der Waals surface area contributed by atoms with Crippen LogP contribution in [0.15, 0.2) is 18.2 Å². The van der Waals surface area contributed by atoms with Gasteiger partial charge in [0.15, 0.2) is 0 Å². The third-order valence-electron chi connectivity index (χ3n) is 5.53. The number of nitrogens with one attached hydrogen (secondary N) is 2. The Morgan fingerprint density at radius 2 is 2.20 bits per heavy atom. The van der Waals surface area contributed by atoms with Crippen molar-refractivity contribution in [2.45, 2.75) is 26.2 Å². The average molecular weight is 341 g/mol. The number of benzene rings is 1. The van der Waals surface area contributed by atoms with E-state index < -0.39 is 0 Å². The van der Waals surface area contributed by atoms with Crippen molar-refractivity contribution in [2.24, 2.45) is 5.92 Å². The molecular formula is C20H27N3O2. The molecule has 2 aromatic rings. The van der Waals surface area contributed by atoms with Crippen LogP contribution in [0, 0.1) is 5.92 Å². The molecular weight excluding hydrogens is 314 g/mol. The Morgan fingerprint density at radius 3 is 3.04 bits per heavy atom. The number of nitrogens with zero attached hydrogens (tertiary/aromatic N) is 1. The molecule has 5 heteroatoms. The summed E-state index contributed by atoms with van der Waals surface area (Å²) in [4.78, 5) is 18.6. The number of H-pyrrole nitrogens is 1. The summed E-state index contributed by atoms with van der Waals surface area (Å²) in [5.41, 5.74) is 4.50. The average Bonchev–Trinajstić information content (AvgIpc) is 3.00. The summed E-state index contributed by atoms with van der Waals surface area (Å²) >= 11 is 0. The van der Waals surface area contributed by atoms with Gasteiger partial charge >= 0.3 is 0 Å². The van der Waals surface area contributed by atoms with E-state index in [4.69, 9.17) is 4.74 Å². The van der Waals surface area contributed by atoms with Gasteiger partial charge in [-0.2, -0.15) is 0 Å². The van der Waals surface area contributed by atoms with Gasteiger partial charge in [0.1, 0.15) is 0 Å². The second kappa shape index (κ2) is 7.18. The smallest absolute Gasteiger partial charge is 0.253 e. The fraction of sp³-hybridized carbons (Fsp3) is 0.550. The molecule has 1 atom stereocenters. The molecule has 0 spiro atoms. The number of hydrogen-bond donors (Lipinski definition) is 2. The molecule has 4 rings (SSSR count). The van der Waals surface area contributed by atoms with E-state index in [-0.39, 0.29) is 5.91 Å². The van der Waals surface area contributed by atoms with Crippen LogP contribution in [0.25, 0.3) is 10.9 Å². The fourth-order valence-corrected chi connectivity index (χ4v) is 4.05. The number of fused-ring (bicyclic) bond motifs is 3. The van der Waals surface area contributed by atoms with Gasteiger partial charge in [-0.1, -0.05) is 19.1 Å². The summed E-state index contributed by atoms with van der Waals surface area (Å²) in [5, 5.41) is 4.31. The van der Waals surface area contributed by atoms with Crippen LogP contribution in [0.1, 0.15) is 35.0 Å². The normalized spacial score (nSPS) is 21.2. The van der Waals surface area contributed by atoms with E-state index in [1.165, 1.54) is 23.1 Å². The molecule has 1 aliphatic heterocycles. The van der Waals surface area contributed by atoms with Gasteiger partial charge in [-0.15, -0.1) is 0 Å². The van der Waals surface area contributed by atoms with Crippen molar-refractivity contribution >= 4 is 16.8 Å². The van der Waals surface area contributed by atoms with Crippen molar-refractivity contribution in [3.8, 4) is 0 Å². The lowest BCUT2D eigenvalue weighted by atomic mass is 9.87. The zero-order valence-corrected chi connectivity index (χ0v) is 14.9. The van der Waals surface area contributed by atoms with Gasteiger partial charge in [-0.05, 0) is 36.8 Å². The Kier molecular flexibility index (Phi) is 4.77. The first-order valence-corrected chi connectivity index (χ1v) is 9.43. The van der Waals surface area contributed by atoms with Crippen LogP contribution in [0.3, 0.4) is 0 Å². The van der Waals surface area contributed by atoms with Crippen LogP contribution in [0.2, 0.25) is 0 Å². The molecule has 0 bridgehead atoms. The Labute approximate surface area is 148 Å². The highest BCUT2D eigenvalue weighted by Gasteiger charge is 2.22. The first-order chi connectivity index (χ1) is 12.2. The highest BCUT2D eigenvalue weighted by molar-refractivity contribution is 6.06. The number of aryl methyl sites for hydroxylation is 1. The zero-order chi connectivity index (χ0) is 17.2. The Morgan fingerprint density at radius 1 is 1.36 bits per heavy atom. The highest BCUT2D eigenvalue weighted by Crippen LogP contribution is 2.32. The third-order valence-corrected chi connectivity index (χ3v) is 5.53. The second-order valence-corrected chi connectivity index (χ2v) is 7.37. The molecule has 1 amide bonds. The van der Waals surface area contributed by atoms with Crippen LogP contribution in [0.4, 0.5) is 0 Å². The number of carbonyl (C=O) groups excluding carboxylic acids is 1. The lowest BCUT2D eigenvalue weighted by Gasteiger charge is -2.26. The van der Waals surface area contributed by atoms with Crippen molar-refractivity contribution in [1.29, 1.82) is 0 Å². The van der Waals surface area contributed by atoms with Crippen LogP contribution < -0.4 is 5.32 Å². The topological polar surface area (TPSA) is 57.4 Å². The molecule has 1 aliphatic carbocycles. The third kappa shape index (κ3) is 3.44. The maximum atomic E-state index is 12.7. The monoisotopic (exact) mass is 341 g/mol. The zero-order valence-electron chi connectivity index (χ0n) is 14.9. The number of aromatic amines is 1. The van der Waals surface area contributed by atoms with Crippen LogP contribution in [-0.4, -0.2) is 55.2 Å². The Balaban J connectivity index is 1.48. The predicted octanol–water partition coefficient (Wildman–Crippen LogP) is 2.35. The maximum absolute atomic E-state index is 12.7. The van der Waals surface area contributed by atoms with Crippen LogP contribution in [0.5, 0.6) is 0 Å². The van der Waals surface area contributed by atoms with Gasteiger partial charge in [0, 0.05) is 37.3 Å². The summed E-state index contributed by atoms with van der Waals surface area (Å²) in [6.45, 7) is 7.35. The van der Waals surface area contributed by atoms with Crippen molar-refractivity contribution in [2.75, 3.05) is 39.4 Å². The molecule has 0 radical (unpaired) electrons. The van der Waals surface area contributed by atoms with Gasteiger partial charge in [-0.3, -0.25) is 9.69 Å². The minimum Gasteiger partial charge on any atom is -0.379 e. The number of carbonyl (C=O) groups is 1. The molecule has 2 aliphatic rings. The SMILES string of the molecule is C[C@@H]1CCc2[nH]c3c(C(=O)NCCN4CCOCC4)cccc3c2C1. The van der Waals surface area contributed by atoms with E-state index in [1.807, 2.05) is 12.1 Å². The number of para-hydroxylation sites is 1. The fourth-order valence-electron chi connectivity index (χ4n) is 4.05. The number of aromatic nitrogens is 1. The second-order valence-electron chi connectivity index (χ2n) is 7.37. The molecule has 1 saturated heterocycles. The van der Waals surface area contributed by atoms with Gasteiger partial charge in [0.05, 0.1) is 24.3 Å². The number of rotatable bonds is 4. The van der Waals surface area contributed by atoms with E-state index in [2.05, 4.69) is 28.2 Å². The standard InChI is InChI=1S/C20H27N3O2/c1-14-5-6-18-17(13-14)15-3-2-4-16(19(15)22-18)20(24)21-7-8-23-9-11-25-12-10-23/h2-4,14,22H,5-13H2,1H3,(H,21,24)/t14-/m1/s1. The summed E-state index contributed by atoms with van der Waals surface area (Å²) in [5.74, 6) is 0.739. The Bertz CT molecular complexity index is 762. The number of amides is 1. The summed E-state index contributed by atoms with van der Waals surface area (Å²) < 4.78 is 5.36. The van der Waals surface area contributed by atoms with Gasteiger partial charge < -0.3 is 15.0 Å². The minimum atomic E-state index is 0.0190. The molecule has 2 heterocycles. The first kappa shape index (κ1) is 16.6. The van der Waals surface area contributed by atoms with Gasteiger partial charge in [0.2, 0.25) is 0 Å². The van der Waals surface area contributed by atoms with E-state index in [0.29, 0.717) is 6.54 Å². The number of morpholine rings is 1. The summed E-state index contributed by atoms with van der Waals surface area (Å²) in [7, 11) is 0. The van der Waals surface area contributed by atoms with E-state index in [9.17, 15) is 4.79 Å². The first-order valence-electron chi connectivity index (χ1n) is 9.43. The molecule has 0 saturated carbocycles. The van der Waals surface area contributed by atoms with E-state index in [1.54, 1.807) is 0 Å². The van der Waals surface area contributed by atoms with E-state index in [0.717, 1.165) is 62.7 Å². The lowest BCUT2D eigenvalue weighted by molar-refractivity contribution is 0.0383. The van der Waals surface area contributed by atoms with Crippen molar-refractivity contribution in [3.63, 3.8) is 0 Å².